The zero-order valence-electron chi connectivity index (χ0n) is 19.3. The largest absolute Gasteiger partial charge is 0.399 e. The number of nitrogens with one attached hydrogen (secondary N) is 2. The van der Waals surface area contributed by atoms with Crippen molar-refractivity contribution in [3.05, 3.63) is 108 Å². The number of hydrogen-bond donors (Lipinski definition) is 4. The van der Waals surface area contributed by atoms with Crippen molar-refractivity contribution in [3.63, 3.8) is 0 Å². The van der Waals surface area contributed by atoms with Gasteiger partial charge in [0, 0.05) is 39.0 Å². The molecule has 9 heteroatoms. The van der Waals surface area contributed by atoms with E-state index < -0.39 is 21.9 Å². The average molecular weight is 512 g/mol. The highest BCUT2D eigenvalue weighted by Crippen LogP contribution is 2.27. The Kier molecular flexibility index (Phi) is 6.08. The van der Waals surface area contributed by atoms with Crippen molar-refractivity contribution in [2.24, 2.45) is 0 Å². The standard InChI is InChI=1S/C28H21N3O5S/c29-21-14-19(27(32)30-25-9-3-6-17-5-1-2-8-23(17)25)13-20(15-21)28(33)31-26-10-4-7-18-16-22(37(34,35)36)11-12-24(18)26/h1-16H,29H2,(H,30,32)(H,31,33)(H,34,35,36). The molecule has 0 unspecified atom stereocenters. The predicted octanol–water partition coefficient (Wildman–Crippen LogP) is 5.33. The molecule has 37 heavy (non-hydrogen) atoms. The summed E-state index contributed by atoms with van der Waals surface area (Å²) >= 11 is 0. The monoisotopic (exact) mass is 511 g/mol. The van der Waals surface area contributed by atoms with Crippen LogP contribution in [0.4, 0.5) is 17.1 Å². The predicted molar refractivity (Wildman–Crippen MR) is 144 cm³/mol. The van der Waals surface area contributed by atoms with Crippen molar-refractivity contribution >= 4 is 60.5 Å². The number of nitrogen functional groups attached to an aromatic ring is 1. The van der Waals surface area contributed by atoms with E-state index in [0.717, 1.165) is 10.8 Å². The Morgan fingerprint density at radius 1 is 0.649 bits per heavy atom. The highest BCUT2D eigenvalue weighted by Gasteiger charge is 2.16. The third-order valence-corrected chi connectivity index (χ3v) is 6.77. The number of carbonyl (C=O) groups is 2. The molecule has 0 fully saturated rings. The number of benzene rings is 5. The maximum atomic E-state index is 13.1. The normalized spacial score (nSPS) is 11.4. The van der Waals surface area contributed by atoms with Crippen molar-refractivity contribution in [3.8, 4) is 0 Å². The number of carbonyl (C=O) groups excluding carboxylic acids is 2. The summed E-state index contributed by atoms with van der Waals surface area (Å²) in [6.45, 7) is 0. The molecule has 0 aliphatic rings. The fourth-order valence-corrected chi connectivity index (χ4v) is 4.68. The Balaban J connectivity index is 1.42. The van der Waals surface area contributed by atoms with Gasteiger partial charge in [0.25, 0.3) is 21.9 Å². The summed E-state index contributed by atoms with van der Waals surface area (Å²) in [6.07, 6.45) is 0. The van der Waals surface area contributed by atoms with Crippen LogP contribution < -0.4 is 16.4 Å². The van der Waals surface area contributed by atoms with Crippen LogP contribution in [0.3, 0.4) is 0 Å². The van der Waals surface area contributed by atoms with Gasteiger partial charge in [-0.3, -0.25) is 14.1 Å². The molecule has 0 spiro atoms. The van der Waals surface area contributed by atoms with E-state index in [4.69, 9.17) is 5.73 Å². The van der Waals surface area contributed by atoms with Crippen LogP contribution in [0.15, 0.2) is 102 Å². The van der Waals surface area contributed by atoms with E-state index in [1.54, 1.807) is 24.3 Å². The van der Waals surface area contributed by atoms with Crippen LogP contribution in [0.25, 0.3) is 21.5 Å². The molecule has 0 aliphatic carbocycles. The van der Waals surface area contributed by atoms with Crippen LogP contribution in [0.1, 0.15) is 20.7 Å². The minimum Gasteiger partial charge on any atom is -0.399 e. The second-order valence-electron chi connectivity index (χ2n) is 8.44. The number of amides is 2. The smallest absolute Gasteiger partial charge is 0.294 e. The topological polar surface area (TPSA) is 139 Å². The second-order valence-corrected chi connectivity index (χ2v) is 9.86. The van der Waals surface area contributed by atoms with E-state index in [1.165, 1.54) is 36.4 Å². The molecule has 5 aromatic rings. The van der Waals surface area contributed by atoms with Gasteiger partial charge in [-0.1, -0.05) is 54.6 Å². The van der Waals surface area contributed by atoms with E-state index >= 15 is 0 Å². The van der Waals surface area contributed by atoms with E-state index in [1.807, 2.05) is 36.4 Å². The van der Waals surface area contributed by atoms with Gasteiger partial charge in [0.2, 0.25) is 0 Å². The molecule has 5 N–H and O–H groups in total. The molecule has 0 atom stereocenters. The summed E-state index contributed by atoms with van der Waals surface area (Å²) in [5.41, 5.74) is 7.71. The highest BCUT2D eigenvalue weighted by molar-refractivity contribution is 7.85. The molecule has 184 valence electrons. The van der Waals surface area contributed by atoms with E-state index in [-0.39, 0.29) is 21.7 Å². The fraction of sp³-hybridized carbons (Fsp3) is 0. The van der Waals surface area contributed by atoms with Gasteiger partial charge in [-0.25, -0.2) is 0 Å². The lowest BCUT2D eigenvalue weighted by Crippen LogP contribution is -2.16. The Hall–Kier alpha value is -4.73. The van der Waals surface area contributed by atoms with Crippen molar-refractivity contribution in [1.29, 1.82) is 0 Å². The first-order valence-electron chi connectivity index (χ1n) is 11.2. The summed E-state index contributed by atoms with van der Waals surface area (Å²) in [5, 5.41) is 8.62. The SMILES string of the molecule is Nc1cc(C(=O)Nc2cccc3ccccc23)cc(C(=O)Nc2cccc3cc(S(=O)(=O)O)ccc23)c1. The molecular formula is C28H21N3O5S. The Bertz CT molecular complexity index is 1810. The number of rotatable bonds is 5. The fourth-order valence-electron chi connectivity index (χ4n) is 4.17. The zero-order chi connectivity index (χ0) is 26.2. The first-order valence-corrected chi connectivity index (χ1v) is 12.6. The van der Waals surface area contributed by atoms with Crippen molar-refractivity contribution in [2.45, 2.75) is 4.90 Å². The lowest BCUT2D eigenvalue weighted by atomic mass is 10.1. The van der Waals surface area contributed by atoms with Gasteiger partial charge in [-0.05, 0) is 53.2 Å². The van der Waals surface area contributed by atoms with Crippen LogP contribution in [-0.4, -0.2) is 24.8 Å². The number of anilines is 3. The van der Waals surface area contributed by atoms with Crippen LogP contribution in [0.5, 0.6) is 0 Å². The van der Waals surface area contributed by atoms with Gasteiger partial charge >= 0.3 is 0 Å². The Labute approximate surface area is 212 Å². The lowest BCUT2D eigenvalue weighted by Gasteiger charge is -2.12. The van der Waals surface area contributed by atoms with E-state index in [0.29, 0.717) is 22.1 Å². The minimum absolute atomic E-state index is 0.176. The molecule has 0 aromatic heterocycles. The van der Waals surface area contributed by atoms with Crippen LogP contribution >= 0.6 is 0 Å². The molecule has 2 amide bonds. The van der Waals surface area contributed by atoms with Gasteiger partial charge in [0.05, 0.1) is 4.90 Å². The summed E-state index contributed by atoms with van der Waals surface area (Å²) < 4.78 is 32.2. The van der Waals surface area contributed by atoms with Crippen molar-refractivity contribution in [1.82, 2.24) is 0 Å². The Morgan fingerprint density at radius 3 is 1.81 bits per heavy atom. The molecule has 0 radical (unpaired) electrons. The molecule has 8 nitrogen and oxygen atoms in total. The zero-order valence-corrected chi connectivity index (χ0v) is 20.1. The summed E-state index contributed by atoms with van der Waals surface area (Å²) in [6, 6.07) is 26.7. The molecule has 0 saturated heterocycles. The van der Waals surface area contributed by atoms with Crippen molar-refractivity contribution < 1.29 is 22.6 Å². The third kappa shape index (κ3) is 4.99. The molecule has 5 aromatic carbocycles. The molecule has 0 bridgehead atoms. The number of fused-ring (bicyclic) bond motifs is 2. The van der Waals surface area contributed by atoms with E-state index in [2.05, 4.69) is 10.6 Å². The third-order valence-electron chi connectivity index (χ3n) is 5.92. The Morgan fingerprint density at radius 2 is 1.19 bits per heavy atom. The minimum atomic E-state index is -4.36. The van der Waals surface area contributed by atoms with E-state index in [9.17, 15) is 22.6 Å². The number of nitrogens with two attached hydrogens (primary N) is 1. The first kappa shape index (κ1) is 24.0. The molecule has 5 rings (SSSR count). The van der Waals surface area contributed by atoms with Crippen molar-refractivity contribution in [2.75, 3.05) is 16.4 Å². The maximum absolute atomic E-state index is 13.1. The van der Waals surface area contributed by atoms with Gasteiger partial charge in [-0.15, -0.1) is 0 Å². The van der Waals surface area contributed by atoms with Crippen LogP contribution in [0.2, 0.25) is 0 Å². The molecule has 0 saturated carbocycles. The molecule has 0 heterocycles. The summed E-state index contributed by atoms with van der Waals surface area (Å²) in [4.78, 5) is 25.9. The molecule has 0 aliphatic heterocycles. The summed E-state index contributed by atoms with van der Waals surface area (Å²) in [7, 11) is -4.36. The first-order chi connectivity index (χ1) is 17.7. The van der Waals surface area contributed by atoms with Gasteiger partial charge in [0.15, 0.2) is 0 Å². The second kappa shape index (κ2) is 9.38. The quantitative estimate of drug-likeness (QED) is 0.186. The van der Waals surface area contributed by atoms with Gasteiger partial charge < -0.3 is 16.4 Å². The van der Waals surface area contributed by atoms with Gasteiger partial charge in [0.1, 0.15) is 0 Å². The lowest BCUT2D eigenvalue weighted by molar-refractivity contribution is 0.102. The van der Waals surface area contributed by atoms with Gasteiger partial charge in [-0.2, -0.15) is 8.42 Å². The average Bonchev–Trinajstić information content (AvgIpc) is 2.88. The maximum Gasteiger partial charge on any atom is 0.294 e. The highest BCUT2D eigenvalue weighted by atomic mass is 32.2. The van der Waals surface area contributed by atoms with Crippen LogP contribution in [-0.2, 0) is 10.1 Å². The number of hydrogen-bond acceptors (Lipinski definition) is 5. The summed E-state index contributed by atoms with van der Waals surface area (Å²) in [5.74, 6) is -0.918. The molecular weight excluding hydrogens is 490 g/mol. The van der Waals surface area contributed by atoms with Crippen LogP contribution in [0, 0.1) is 0 Å².